The van der Waals surface area contributed by atoms with Crippen LogP contribution in [0, 0.1) is 5.92 Å². The Morgan fingerprint density at radius 1 is 0.870 bits per heavy atom. The van der Waals surface area contributed by atoms with Crippen LogP contribution in [0.5, 0.6) is 0 Å². The number of benzene rings is 1. The Morgan fingerprint density at radius 3 is 2.22 bits per heavy atom. The van der Waals surface area contributed by atoms with Crippen LogP contribution < -0.4 is 0 Å². The Labute approximate surface area is 143 Å². The van der Waals surface area contributed by atoms with Crippen molar-refractivity contribution < 1.29 is 0 Å². The van der Waals surface area contributed by atoms with Crippen molar-refractivity contribution in [2.45, 2.75) is 72.0 Å². The maximum Gasteiger partial charge on any atom is 0.103 e. The topological polar surface area (TPSA) is 6.48 Å². The van der Waals surface area contributed by atoms with Crippen LogP contribution in [0.2, 0.25) is 0 Å². The van der Waals surface area contributed by atoms with Gasteiger partial charge in [-0.25, -0.2) is 0 Å². The Balaban J connectivity index is 1.81. The van der Waals surface area contributed by atoms with Crippen LogP contribution in [0.15, 0.2) is 42.7 Å². The standard InChI is InChI=1S/C21H34N2/c1-4-5-6-7-8-12-15-22-16-17-23(21(22)19(2)3)18-20-13-10-9-11-14-20/h9-11,13-14,16-17,19,21H,4-8,12,15,18H2,1-3H3. The molecule has 0 bridgehead atoms. The molecule has 0 saturated carbocycles. The van der Waals surface area contributed by atoms with Gasteiger partial charge in [0.05, 0.1) is 0 Å². The molecule has 1 aromatic carbocycles. The van der Waals surface area contributed by atoms with E-state index in [0.29, 0.717) is 12.1 Å². The van der Waals surface area contributed by atoms with Gasteiger partial charge >= 0.3 is 0 Å². The summed E-state index contributed by atoms with van der Waals surface area (Å²) < 4.78 is 0. The van der Waals surface area contributed by atoms with Gasteiger partial charge in [0.1, 0.15) is 6.17 Å². The first-order chi connectivity index (χ1) is 11.2. The maximum absolute atomic E-state index is 2.55. The molecule has 1 aliphatic heterocycles. The molecule has 0 aliphatic carbocycles. The van der Waals surface area contributed by atoms with E-state index in [1.165, 1.54) is 50.6 Å². The van der Waals surface area contributed by atoms with Gasteiger partial charge in [0.25, 0.3) is 0 Å². The van der Waals surface area contributed by atoms with Crippen LogP contribution in [0.4, 0.5) is 0 Å². The van der Waals surface area contributed by atoms with Crippen molar-refractivity contribution in [1.82, 2.24) is 9.80 Å². The number of hydrogen-bond acceptors (Lipinski definition) is 2. The second kappa shape index (κ2) is 9.64. The highest BCUT2D eigenvalue weighted by molar-refractivity contribution is 5.16. The Bertz CT molecular complexity index is 452. The summed E-state index contributed by atoms with van der Waals surface area (Å²) in [6, 6.07) is 10.8. The van der Waals surface area contributed by atoms with E-state index in [1.54, 1.807) is 0 Å². The van der Waals surface area contributed by atoms with Crippen molar-refractivity contribution in [1.29, 1.82) is 0 Å². The number of unbranched alkanes of at least 4 members (excludes halogenated alkanes) is 5. The summed E-state index contributed by atoms with van der Waals surface area (Å²) in [5, 5.41) is 0. The zero-order valence-corrected chi connectivity index (χ0v) is 15.2. The first-order valence-electron chi connectivity index (χ1n) is 9.46. The van der Waals surface area contributed by atoms with Crippen LogP contribution >= 0.6 is 0 Å². The molecule has 0 fully saturated rings. The molecule has 0 aromatic heterocycles. The SMILES string of the molecule is CCCCCCCCN1C=CN(Cc2ccccc2)C1C(C)C. The molecule has 1 aromatic rings. The third-order valence-corrected chi connectivity index (χ3v) is 4.70. The molecule has 1 heterocycles. The summed E-state index contributed by atoms with van der Waals surface area (Å²) in [4.78, 5) is 5.05. The van der Waals surface area contributed by atoms with Crippen molar-refractivity contribution in [3.05, 3.63) is 48.3 Å². The van der Waals surface area contributed by atoms with Crippen molar-refractivity contribution in [2.24, 2.45) is 5.92 Å². The van der Waals surface area contributed by atoms with Crippen LogP contribution in [-0.4, -0.2) is 22.5 Å². The molecule has 0 N–H and O–H groups in total. The highest BCUT2D eigenvalue weighted by atomic mass is 15.4. The fraction of sp³-hybridized carbons (Fsp3) is 0.619. The smallest absolute Gasteiger partial charge is 0.103 e. The first-order valence-corrected chi connectivity index (χ1v) is 9.46. The lowest BCUT2D eigenvalue weighted by atomic mass is 10.1. The number of hydrogen-bond donors (Lipinski definition) is 0. The normalized spacial score (nSPS) is 17.5. The van der Waals surface area contributed by atoms with Crippen LogP contribution in [0.1, 0.15) is 64.9 Å². The average Bonchev–Trinajstić information content (AvgIpc) is 2.94. The zero-order valence-electron chi connectivity index (χ0n) is 15.2. The minimum absolute atomic E-state index is 0.505. The molecule has 128 valence electrons. The molecule has 2 nitrogen and oxygen atoms in total. The molecular formula is C21H34N2. The minimum atomic E-state index is 0.505. The third-order valence-electron chi connectivity index (χ3n) is 4.70. The molecule has 0 amide bonds. The van der Waals surface area contributed by atoms with Gasteiger partial charge in [0.15, 0.2) is 0 Å². The van der Waals surface area contributed by atoms with Gasteiger partial charge in [-0.2, -0.15) is 0 Å². The lowest BCUT2D eigenvalue weighted by molar-refractivity contribution is 0.100. The average molecular weight is 315 g/mol. The summed E-state index contributed by atoms with van der Waals surface area (Å²) in [5.41, 5.74) is 1.39. The summed E-state index contributed by atoms with van der Waals surface area (Å²) in [5.74, 6) is 0.633. The van der Waals surface area contributed by atoms with E-state index in [0.717, 1.165) is 6.54 Å². The molecule has 2 rings (SSSR count). The third kappa shape index (κ3) is 5.60. The summed E-state index contributed by atoms with van der Waals surface area (Å²) in [6.07, 6.45) is 13.3. The molecule has 0 radical (unpaired) electrons. The van der Waals surface area contributed by atoms with E-state index in [9.17, 15) is 0 Å². The van der Waals surface area contributed by atoms with Crippen molar-refractivity contribution in [3.63, 3.8) is 0 Å². The number of rotatable bonds is 10. The fourth-order valence-corrected chi connectivity index (χ4v) is 3.53. The van der Waals surface area contributed by atoms with E-state index in [-0.39, 0.29) is 0 Å². The molecule has 1 aliphatic rings. The molecule has 1 unspecified atom stereocenters. The Hall–Kier alpha value is -1.44. The molecule has 1 atom stereocenters. The molecule has 0 saturated heterocycles. The maximum atomic E-state index is 2.55. The van der Waals surface area contributed by atoms with Crippen LogP contribution in [0.3, 0.4) is 0 Å². The lowest BCUT2D eigenvalue weighted by Gasteiger charge is -2.36. The number of nitrogens with zero attached hydrogens (tertiary/aromatic N) is 2. The van der Waals surface area contributed by atoms with Crippen LogP contribution in [-0.2, 0) is 6.54 Å². The van der Waals surface area contributed by atoms with Gasteiger partial charge in [-0.3, -0.25) is 0 Å². The van der Waals surface area contributed by atoms with Gasteiger partial charge in [-0.15, -0.1) is 0 Å². The second-order valence-electron chi connectivity index (χ2n) is 7.12. The van der Waals surface area contributed by atoms with E-state index >= 15 is 0 Å². The second-order valence-corrected chi connectivity index (χ2v) is 7.12. The molecular weight excluding hydrogens is 280 g/mol. The molecule has 0 spiro atoms. The van der Waals surface area contributed by atoms with Crippen molar-refractivity contribution in [3.8, 4) is 0 Å². The summed E-state index contributed by atoms with van der Waals surface area (Å²) >= 11 is 0. The summed E-state index contributed by atoms with van der Waals surface area (Å²) in [7, 11) is 0. The van der Waals surface area contributed by atoms with Gasteiger partial charge in [-0.1, -0.05) is 83.2 Å². The van der Waals surface area contributed by atoms with Crippen LogP contribution in [0.25, 0.3) is 0 Å². The van der Waals surface area contributed by atoms with Gasteiger partial charge in [-0.05, 0) is 17.9 Å². The van der Waals surface area contributed by atoms with E-state index in [4.69, 9.17) is 0 Å². The van der Waals surface area contributed by atoms with Gasteiger partial charge in [0.2, 0.25) is 0 Å². The summed E-state index contributed by atoms with van der Waals surface area (Å²) in [6.45, 7) is 9.15. The van der Waals surface area contributed by atoms with Crippen molar-refractivity contribution >= 4 is 0 Å². The van der Waals surface area contributed by atoms with Gasteiger partial charge in [0, 0.05) is 25.5 Å². The zero-order chi connectivity index (χ0) is 16.5. The predicted molar refractivity (Wildman–Crippen MR) is 99.8 cm³/mol. The fourth-order valence-electron chi connectivity index (χ4n) is 3.53. The first kappa shape index (κ1) is 17.9. The Morgan fingerprint density at radius 2 is 1.52 bits per heavy atom. The van der Waals surface area contributed by atoms with E-state index < -0.39 is 0 Å². The quantitative estimate of drug-likeness (QED) is 0.517. The predicted octanol–water partition coefficient (Wildman–Crippen LogP) is 5.62. The molecule has 23 heavy (non-hydrogen) atoms. The monoisotopic (exact) mass is 314 g/mol. The van der Waals surface area contributed by atoms with Crippen molar-refractivity contribution in [2.75, 3.05) is 6.54 Å². The minimum Gasteiger partial charge on any atom is -0.356 e. The highest BCUT2D eigenvalue weighted by Crippen LogP contribution is 2.25. The highest BCUT2D eigenvalue weighted by Gasteiger charge is 2.28. The van der Waals surface area contributed by atoms with E-state index in [2.05, 4.69) is 73.3 Å². The Kier molecular flexibility index (Phi) is 7.51. The lowest BCUT2D eigenvalue weighted by Crippen LogP contribution is -2.42. The largest absolute Gasteiger partial charge is 0.356 e. The van der Waals surface area contributed by atoms with E-state index in [1.807, 2.05) is 0 Å². The molecule has 2 heteroatoms. The van der Waals surface area contributed by atoms with Gasteiger partial charge < -0.3 is 9.80 Å².